The predicted octanol–water partition coefficient (Wildman–Crippen LogP) is 0.383. The van der Waals surface area contributed by atoms with Crippen molar-refractivity contribution in [2.45, 2.75) is 51.7 Å². The molecule has 1 aliphatic rings. The van der Waals surface area contributed by atoms with E-state index in [1.165, 1.54) is 18.7 Å². The number of aliphatic carboxylic acids is 1. The molecule has 21 heavy (non-hydrogen) atoms. The lowest BCUT2D eigenvalue weighted by atomic mass is 10.2. The molecule has 1 rings (SSSR count). The Morgan fingerprint density at radius 2 is 1.95 bits per heavy atom. The number of carboxylic acid groups (broad SMARTS) is 1. The van der Waals surface area contributed by atoms with Gasteiger partial charge in [-0.3, -0.25) is 9.59 Å². The summed E-state index contributed by atoms with van der Waals surface area (Å²) < 4.78 is 5.53. The summed E-state index contributed by atoms with van der Waals surface area (Å²) in [6.07, 6.45) is 4.22. The number of hydrogen-bond donors (Lipinski definition) is 2. The van der Waals surface area contributed by atoms with E-state index in [1.807, 2.05) is 0 Å². The maximum Gasteiger partial charge on any atom is 0.326 e. The molecule has 0 spiro atoms. The number of carbonyl (C=O) groups is 3. The van der Waals surface area contributed by atoms with Crippen LogP contribution in [0.5, 0.6) is 0 Å². The molecule has 1 unspecified atom stereocenters. The molecule has 1 aliphatic carbocycles. The minimum Gasteiger partial charge on any atom is -0.480 e. The van der Waals surface area contributed by atoms with Gasteiger partial charge in [-0.2, -0.15) is 0 Å². The number of hydrogen-bond acceptors (Lipinski definition) is 4. The fourth-order valence-electron chi connectivity index (χ4n) is 2.35. The third-order valence-corrected chi connectivity index (χ3v) is 3.62. The third-order valence-electron chi connectivity index (χ3n) is 3.62. The number of nitrogens with zero attached hydrogens (tertiary/aromatic N) is 1. The molecule has 0 aliphatic heterocycles. The summed E-state index contributed by atoms with van der Waals surface area (Å²) >= 11 is 0. The van der Waals surface area contributed by atoms with Crippen LogP contribution >= 0.6 is 0 Å². The Morgan fingerprint density at radius 3 is 2.48 bits per heavy atom. The molecule has 0 aromatic rings. The van der Waals surface area contributed by atoms with E-state index in [0.29, 0.717) is 0 Å². The first-order valence-electron chi connectivity index (χ1n) is 7.30. The SMILES string of the molecule is CC(=O)NCCN(C(=O)COC1CCCC1)C(C)C(=O)O. The Morgan fingerprint density at radius 1 is 1.33 bits per heavy atom. The van der Waals surface area contributed by atoms with E-state index < -0.39 is 12.0 Å². The van der Waals surface area contributed by atoms with Crippen LogP contribution in [-0.2, 0) is 19.1 Å². The summed E-state index contributed by atoms with van der Waals surface area (Å²) in [6.45, 7) is 3.09. The van der Waals surface area contributed by atoms with Gasteiger partial charge in [0.2, 0.25) is 11.8 Å². The quantitative estimate of drug-likeness (QED) is 0.676. The van der Waals surface area contributed by atoms with Crippen molar-refractivity contribution < 1.29 is 24.2 Å². The molecule has 0 heterocycles. The van der Waals surface area contributed by atoms with E-state index in [1.54, 1.807) is 0 Å². The monoisotopic (exact) mass is 300 g/mol. The van der Waals surface area contributed by atoms with Crippen LogP contribution in [-0.4, -0.2) is 59.6 Å². The highest BCUT2D eigenvalue weighted by atomic mass is 16.5. The molecule has 0 aromatic heterocycles. The molecule has 1 fully saturated rings. The van der Waals surface area contributed by atoms with E-state index in [-0.39, 0.29) is 37.6 Å². The summed E-state index contributed by atoms with van der Waals surface area (Å²) in [5.41, 5.74) is 0. The molecule has 1 saturated carbocycles. The van der Waals surface area contributed by atoms with Crippen LogP contribution in [0.15, 0.2) is 0 Å². The van der Waals surface area contributed by atoms with Crippen LogP contribution in [0.3, 0.4) is 0 Å². The summed E-state index contributed by atoms with van der Waals surface area (Å²) in [5, 5.41) is 11.6. The fraction of sp³-hybridized carbons (Fsp3) is 0.786. The topological polar surface area (TPSA) is 95.9 Å². The maximum atomic E-state index is 12.1. The van der Waals surface area contributed by atoms with Gasteiger partial charge < -0.3 is 20.1 Å². The van der Waals surface area contributed by atoms with Crippen LogP contribution in [0.25, 0.3) is 0 Å². The number of carbonyl (C=O) groups excluding carboxylic acids is 2. The van der Waals surface area contributed by atoms with Crippen molar-refractivity contribution in [2.24, 2.45) is 0 Å². The molecular formula is C14H24N2O5. The van der Waals surface area contributed by atoms with Crippen molar-refractivity contribution in [1.29, 1.82) is 0 Å². The highest BCUT2D eigenvalue weighted by Crippen LogP contribution is 2.20. The van der Waals surface area contributed by atoms with E-state index >= 15 is 0 Å². The van der Waals surface area contributed by atoms with Gasteiger partial charge in [0.25, 0.3) is 0 Å². The maximum absolute atomic E-state index is 12.1. The lowest BCUT2D eigenvalue weighted by Gasteiger charge is -2.27. The first kappa shape index (κ1) is 17.4. The Hall–Kier alpha value is -1.63. The summed E-state index contributed by atoms with van der Waals surface area (Å²) in [6, 6.07) is -0.946. The zero-order valence-electron chi connectivity index (χ0n) is 12.6. The normalized spacial score (nSPS) is 16.5. The van der Waals surface area contributed by atoms with Crippen LogP contribution in [0.2, 0.25) is 0 Å². The largest absolute Gasteiger partial charge is 0.480 e. The zero-order chi connectivity index (χ0) is 15.8. The van der Waals surface area contributed by atoms with Crippen molar-refractivity contribution in [3.8, 4) is 0 Å². The minimum atomic E-state index is -1.08. The van der Waals surface area contributed by atoms with Crippen molar-refractivity contribution >= 4 is 17.8 Å². The Bertz CT molecular complexity index is 380. The molecule has 2 N–H and O–H groups in total. The number of rotatable bonds is 8. The van der Waals surface area contributed by atoms with Crippen LogP contribution in [0.4, 0.5) is 0 Å². The van der Waals surface area contributed by atoms with E-state index in [2.05, 4.69) is 5.32 Å². The number of carboxylic acids is 1. The average molecular weight is 300 g/mol. The molecule has 0 bridgehead atoms. The molecule has 2 amide bonds. The molecule has 0 radical (unpaired) electrons. The second-order valence-corrected chi connectivity index (χ2v) is 5.30. The fourth-order valence-corrected chi connectivity index (χ4v) is 2.35. The average Bonchev–Trinajstić information content (AvgIpc) is 2.93. The predicted molar refractivity (Wildman–Crippen MR) is 75.7 cm³/mol. The van der Waals surface area contributed by atoms with Gasteiger partial charge in [0, 0.05) is 20.0 Å². The van der Waals surface area contributed by atoms with E-state index in [4.69, 9.17) is 9.84 Å². The standard InChI is InChI=1S/C14H24N2O5/c1-10(14(19)20)16(8-7-15-11(2)17)13(18)9-21-12-5-3-4-6-12/h10,12H,3-9H2,1-2H3,(H,15,17)(H,19,20). The van der Waals surface area contributed by atoms with E-state index in [0.717, 1.165) is 25.7 Å². The van der Waals surface area contributed by atoms with Crippen molar-refractivity contribution in [3.05, 3.63) is 0 Å². The first-order valence-corrected chi connectivity index (χ1v) is 7.30. The van der Waals surface area contributed by atoms with Crippen molar-refractivity contribution in [1.82, 2.24) is 10.2 Å². The Labute approximate surface area is 124 Å². The second-order valence-electron chi connectivity index (χ2n) is 5.30. The number of amides is 2. The van der Waals surface area contributed by atoms with Crippen LogP contribution < -0.4 is 5.32 Å². The van der Waals surface area contributed by atoms with Gasteiger partial charge >= 0.3 is 5.97 Å². The smallest absolute Gasteiger partial charge is 0.326 e. The summed E-state index contributed by atoms with van der Waals surface area (Å²) in [5.74, 6) is -1.65. The Balaban J connectivity index is 2.49. The second kappa shape index (κ2) is 8.61. The van der Waals surface area contributed by atoms with Gasteiger partial charge in [0.1, 0.15) is 12.6 Å². The molecule has 0 saturated heterocycles. The lowest BCUT2D eigenvalue weighted by Crippen LogP contribution is -2.48. The van der Waals surface area contributed by atoms with Gasteiger partial charge in [-0.1, -0.05) is 12.8 Å². The van der Waals surface area contributed by atoms with Gasteiger partial charge in [-0.15, -0.1) is 0 Å². The van der Waals surface area contributed by atoms with Gasteiger partial charge in [-0.05, 0) is 19.8 Å². The van der Waals surface area contributed by atoms with Crippen LogP contribution in [0.1, 0.15) is 39.5 Å². The van der Waals surface area contributed by atoms with Gasteiger partial charge in [0.05, 0.1) is 6.10 Å². The lowest BCUT2D eigenvalue weighted by molar-refractivity contribution is -0.152. The molecule has 7 nitrogen and oxygen atoms in total. The Kier molecular flexibility index (Phi) is 7.14. The number of nitrogens with one attached hydrogen (secondary N) is 1. The first-order chi connectivity index (χ1) is 9.91. The van der Waals surface area contributed by atoms with Crippen molar-refractivity contribution in [3.63, 3.8) is 0 Å². The van der Waals surface area contributed by atoms with Gasteiger partial charge in [0.15, 0.2) is 0 Å². The van der Waals surface area contributed by atoms with Gasteiger partial charge in [-0.25, -0.2) is 4.79 Å². The van der Waals surface area contributed by atoms with E-state index in [9.17, 15) is 14.4 Å². The third kappa shape index (κ3) is 6.12. The molecule has 120 valence electrons. The van der Waals surface area contributed by atoms with Crippen molar-refractivity contribution in [2.75, 3.05) is 19.7 Å². The van der Waals surface area contributed by atoms with Crippen LogP contribution in [0, 0.1) is 0 Å². The molecule has 1 atom stereocenters. The zero-order valence-corrected chi connectivity index (χ0v) is 12.6. The highest BCUT2D eigenvalue weighted by molar-refractivity contribution is 5.84. The summed E-state index contributed by atoms with van der Waals surface area (Å²) in [7, 11) is 0. The number of ether oxygens (including phenoxy) is 1. The molecule has 0 aromatic carbocycles. The highest BCUT2D eigenvalue weighted by Gasteiger charge is 2.26. The minimum absolute atomic E-state index is 0.103. The molecular weight excluding hydrogens is 276 g/mol. The molecule has 7 heteroatoms. The summed E-state index contributed by atoms with van der Waals surface area (Å²) in [4.78, 5) is 35.3.